The van der Waals surface area contributed by atoms with E-state index < -0.39 is 11.9 Å². The van der Waals surface area contributed by atoms with Gasteiger partial charge in [0, 0.05) is 0 Å². The molecule has 22 heavy (non-hydrogen) atoms. The van der Waals surface area contributed by atoms with Crippen LogP contribution in [0.4, 0.5) is 0 Å². The monoisotopic (exact) mass is 300 g/mol. The van der Waals surface area contributed by atoms with Crippen LogP contribution < -0.4 is 14.2 Å². The highest BCUT2D eigenvalue weighted by atomic mass is 16.7. The van der Waals surface area contributed by atoms with Gasteiger partial charge in [-0.25, -0.2) is 9.59 Å². The third-order valence-electron chi connectivity index (χ3n) is 3.09. The summed E-state index contributed by atoms with van der Waals surface area (Å²) in [5.74, 6) is 0.461. The van der Waals surface area contributed by atoms with Crippen molar-refractivity contribution < 1.29 is 28.5 Å². The highest BCUT2D eigenvalue weighted by molar-refractivity contribution is 5.92. The van der Waals surface area contributed by atoms with Crippen LogP contribution in [0, 0.1) is 0 Å². The Morgan fingerprint density at radius 2 is 1.59 bits per heavy atom. The van der Waals surface area contributed by atoms with Gasteiger partial charge in [0.05, 0.1) is 18.2 Å². The molecule has 0 N–H and O–H groups in total. The summed E-state index contributed by atoms with van der Waals surface area (Å²) in [6.07, 6.45) is 0. The van der Waals surface area contributed by atoms with Crippen molar-refractivity contribution >= 4 is 11.9 Å². The molecule has 0 aliphatic carbocycles. The summed E-state index contributed by atoms with van der Waals surface area (Å²) in [4.78, 5) is 23.4. The second-order valence-corrected chi connectivity index (χ2v) is 4.47. The summed E-state index contributed by atoms with van der Waals surface area (Å²) >= 11 is 0. The lowest BCUT2D eigenvalue weighted by atomic mass is 10.2. The van der Waals surface area contributed by atoms with Crippen molar-refractivity contribution in [1.82, 2.24) is 0 Å². The van der Waals surface area contributed by atoms with E-state index in [1.807, 2.05) is 0 Å². The molecule has 1 heterocycles. The summed E-state index contributed by atoms with van der Waals surface area (Å²) < 4.78 is 20.2. The molecule has 0 atom stereocenters. The van der Waals surface area contributed by atoms with Crippen LogP contribution in [0.15, 0.2) is 42.5 Å². The molecule has 2 aromatic carbocycles. The molecular weight excluding hydrogens is 288 g/mol. The van der Waals surface area contributed by atoms with E-state index in [1.165, 1.54) is 31.4 Å². The van der Waals surface area contributed by atoms with Crippen molar-refractivity contribution in [2.75, 3.05) is 13.9 Å². The molecule has 6 heteroatoms. The van der Waals surface area contributed by atoms with E-state index in [9.17, 15) is 9.59 Å². The maximum absolute atomic E-state index is 12.1. The minimum atomic E-state index is -0.524. The van der Waals surface area contributed by atoms with Gasteiger partial charge in [-0.15, -0.1) is 0 Å². The fourth-order valence-electron chi connectivity index (χ4n) is 1.97. The molecule has 1 aliphatic rings. The lowest BCUT2D eigenvalue weighted by Gasteiger charge is -2.06. The van der Waals surface area contributed by atoms with Crippen molar-refractivity contribution in [3.8, 4) is 17.2 Å². The summed E-state index contributed by atoms with van der Waals surface area (Å²) in [5, 5.41) is 0. The number of carbonyl (C=O) groups excluding carboxylic acids is 2. The van der Waals surface area contributed by atoms with E-state index in [0.29, 0.717) is 28.4 Å². The predicted molar refractivity (Wildman–Crippen MR) is 75.3 cm³/mol. The molecular formula is C16H12O6. The molecule has 0 spiro atoms. The fourth-order valence-corrected chi connectivity index (χ4v) is 1.97. The third kappa shape index (κ3) is 2.71. The van der Waals surface area contributed by atoms with Crippen LogP contribution in [0.2, 0.25) is 0 Å². The maximum Gasteiger partial charge on any atom is 0.343 e. The molecule has 112 valence electrons. The highest BCUT2D eigenvalue weighted by Gasteiger charge is 2.17. The number of hydrogen-bond donors (Lipinski definition) is 0. The molecule has 0 saturated carbocycles. The SMILES string of the molecule is COC(=O)c1ccc(OC(=O)c2ccc3c(c2)OCO3)cc1. The molecule has 0 fully saturated rings. The number of methoxy groups -OCH3 is 1. The average molecular weight is 300 g/mol. The zero-order valence-electron chi connectivity index (χ0n) is 11.7. The number of benzene rings is 2. The molecule has 0 amide bonds. The van der Waals surface area contributed by atoms with Gasteiger partial charge in [0.15, 0.2) is 11.5 Å². The first-order valence-corrected chi connectivity index (χ1v) is 6.47. The Morgan fingerprint density at radius 3 is 2.32 bits per heavy atom. The summed E-state index contributed by atoms with van der Waals surface area (Å²) in [5.41, 5.74) is 0.728. The van der Waals surface area contributed by atoms with Crippen molar-refractivity contribution in [2.24, 2.45) is 0 Å². The van der Waals surface area contributed by atoms with Gasteiger partial charge in [0.2, 0.25) is 6.79 Å². The Hall–Kier alpha value is -3.02. The topological polar surface area (TPSA) is 71.1 Å². The van der Waals surface area contributed by atoms with Crippen LogP contribution >= 0.6 is 0 Å². The van der Waals surface area contributed by atoms with E-state index in [2.05, 4.69) is 4.74 Å². The number of ether oxygens (including phenoxy) is 4. The molecule has 0 aromatic heterocycles. The first-order valence-electron chi connectivity index (χ1n) is 6.47. The van der Waals surface area contributed by atoms with E-state index >= 15 is 0 Å². The quantitative estimate of drug-likeness (QED) is 0.640. The molecule has 0 radical (unpaired) electrons. The van der Waals surface area contributed by atoms with Gasteiger partial charge in [-0.1, -0.05) is 0 Å². The molecule has 6 nitrogen and oxygen atoms in total. The zero-order valence-corrected chi connectivity index (χ0v) is 11.7. The Kier molecular flexibility index (Phi) is 3.65. The van der Waals surface area contributed by atoms with E-state index in [1.54, 1.807) is 18.2 Å². The zero-order chi connectivity index (χ0) is 15.5. The number of carbonyl (C=O) groups is 2. The number of rotatable bonds is 3. The second kappa shape index (κ2) is 5.77. The third-order valence-corrected chi connectivity index (χ3v) is 3.09. The normalized spacial score (nSPS) is 11.9. The molecule has 1 aliphatic heterocycles. The van der Waals surface area contributed by atoms with Gasteiger partial charge in [0.25, 0.3) is 0 Å². The standard InChI is InChI=1S/C16H12O6/c1-19-15(17)10-2-5-12(6-3-10)22-16(18)11-4-7-13-14(8-11)21-9-20-13/h2-8H,9H2,1H3. The largest absolute Gasteiger partial charge is 0.465 e. The smallest absolute Gasteiger partial charge is 0.343 e. The Labute approximate surface area is 126 Å². The number of fused-ring (bicyclic) bond motifs is 1. The van der Waals surface area contributed by atoms with Crippen LogP contribution in [0.3, 0.4) is 0 Å². The van der Waals surface area contributed by atoms with E-state index in [0.717, 1.165) is 0 Å². The number of hydrogen-bond acceptors (Lipinski definition) is 6. The van der Waals surface area contributed by atoms with Gasteiger partial charge >= 0.3 is 11.9 Å². The van der Waals surface area contributed by atoms with Crippen molar-refractivity contribution in [3.63, 3.8) is 0 Å². The Balaban J connectivity index is 1.72. The maximum atomic E-state index is 12.1. The highest BCUT2D eigenvalue weighted by Crippen LogP contribution is 2.32. The summed E-state index contributed by atoms with van der Waals surface area (Å²) in [6, 6.07) is 10.9. The lowest BCUT2D eigenvalue weighted by Crippen LogP contribution is -2.08. The lowest BCUT2D eigenvalue weighted by molar-refractivity contribution is 0.0600. The van der Waals surface area contributed by atoms with Crippen LogP contribution in [0.1, 0.15) is 20.7 Å². The van der Waals surface area contributed by atoms with Gasteiger partial charge < -0.3 is 18.9 Å². The van der Waals surface area contributed by atoms with Crippen LogP contribution in [-0.4, -0.2) is 25.8 Å². The Morgan fingerprint density at radius 1 is 0.909 bits per heavy atom. The second-order valence-electron chi connectivity index (χ2n) is 4.47. The van der Waals surface area contributed by atoms with Crippen molar-refractivity contribution in [3.05, 3.63) is 53.6 Å². The molecule has 0 bridgehead atoms. The van der Waals surface area contributed by atoms with Crippen LogP contribution in [0.5, 0.6) is 17.2 Å². The van der Waals surface area contributed by atoms with Crippen molar-refractivity contribution in [2.45, 2.75) is 0 Å². The average Bonchev–Trinajstić information content (AvgIpc) is 3.02. The van der Waals surface area contributed by atoms with Crippen LogP contribution in [0.25, 0.3) is 0 Å². The molecule has 3 rings (SSSR count). The first-order chi connectivity index (χ1) is 10.7. The van der Waals surface area contributed by atoms with Gasteiger partial charge in [-0.2, -0.15) is 0 Å². The van der Waals surface area contributed by atoms with Gasteiger partial charge in [0.1, 0.15) is 5.75 Å². The van der Waals surface area contributed by atoms with Gasteiger partial charge in [-0.3, -0.25) is 0 Å². The first kappa shape index (κ1) is 13.9. The fraction of sp³-hybridized carbons (Fsp3) is 0.125. The Bertz CT molecular complexity index is 720. The molecule has 0 unspecified atom stereocenters. The molecule has 0 saturated heterocycles. The van der Waals surface area contributed by atoms with Crippen LogP contribution in [-0.2, 0) is 4.74 Å². The van der Waals surface area contributed by atoms with E-state index in [-0.39, 0.29) is 6.79 Å². The number of esters is 2. The van der Waals surface area contributed by atoms with Gasteiger partial charge in [-0.05, 0) is 42.5 Å². The minimum Gasteiger partial charge on any atom is -0.465 e. The minimum absolute atomic E-state index is 0.142. The summed E-state index contributed by atoms with van der Waals surface area (Å²) in [7, 11) is 1.30. The van der Waals surface area contributed by atoms with Crippen molar-refractivity contribution in [1.29, 1.82) is 0 Å². The molecule has 2 aromatic rings. The predicted octanol–water partition coefficient (Wildman–Crippen LogP) is 2.42. The van der Waals surface area contributed by atoms with E-state index in [4.69, 9.17) is 14.2 Å². The summed E-state index contributed by atoms with van der Waals surface area (Å²) in [6.45, 7) is 0.142.